The molecule has 0 aliphatic rings. The van der Waals surface area contributed by atoms with Gasteiger partial charge in [-0.15, -0.1) is 0 Å². The quantitative estimate of drug-likeness (QED) is 0.916. The standard InChI is InChI=1S/C15H13ClF3NO/c1-10(12-6-2-3-7-13(12)16)14(21,15(17,18)19)11-5-4-8-20-9-11/h2-10,21H,1H3. The van der Waals surface area contributed by atoms with Crippen molar-refractivity contribution in [3.05, 3.63) is 64.9 Å². The molecule has 112 valence electrons. The van der Waals surface area contributed by atoms with Crippen LogP contribution in [0, 0.1) is 0 Å². The average molecular weight is 316 g/mol. The second kappa shape index (κ2) is 5.66. The smallest absolute Gasteiger partial charge is 0.376 e. The molecule has 2 unspecified atom stereocenters. The Hall–Kier alpha value is -1.59. The summed E-state index contributed by atoms with van der Waals surface area (Å²) in [6.07, 6.45) is -2.50. The second-order valence-corrected chi connectivity index (χ2v) is 5.16. The van der Waals surface area contributed by atoms with Gasteiger partial charge in [0.2, 0.25) is 0 Å². The van der Waals surface area contributed by atoms with E-state index in [9.17, 15) is 18.3 Å². The minimum Gasteiger partial charge on any atom is -0.376 e. The number of halogens is 4. The highest BCUT2D eigenvalue weighted by atomic mass is 35.5. The molecule has 2 rings (SSSR count). The summed E-state index contributed by atoms with van der Waals surface area (Å²) in [5.41, 5.74) is -3.15. The van der Waals surface area contributed by atoms with E-state index in [4.69, 9.17) is 11.6 Å². The van der Waals surface area contributed by atoms with Gasteiger partial charge in [0.1, 0.15) is 0 Å². The fraction of sp³-hybridized carbons (Fsp3) is 0.267. The molecule has 0 saturated heterocycles. The number of hydrogen-bond donors (Lipinski definition) is 1. The lowest BCUT2D eigenvalue weighted by molar-refractivity contribution is -0.274. The van der Waals surface area contributed by atoms with Crippen LogP contribution in [0.5, 0.6) is 0 Å². The zero-order valence-electron chi connectivity index (χ0n) is 11.1. The molecule has 0 radical (unpaired) electrons. The Morgan fingerprint density at radius 3 is 2.33 bits per heavy atom. The van der Waals surface area contributed by atoms with Gasteiger partial charge in [0.15, 0.2) is 5.60 Å². The molecule has 0 fully saturated rings. The molecule has 2 aromatic rings. The topological polar surface area (TPSA) is 33.1 Å². The number of aliphatic hydroxyl groups is 1. The highest BCUT2D eigenvalue weighted by Crippen LogP contribution is 2.49. The molecule has 21 heavy (non-hydrogen) atoms. The van der Waals surface area contributed by atoms with Crippen LogP contribution in [0.15, 0.2) is 48.8 Å². The summed E-state index contributed by atoms with van der Waals surface area (Å²) in [5, 5.41) is 10.6. The van der Waals surface area contributed by atoms with E-state index >= 15 is 0 Å². The van der Waals surface area contributed by atoms with Crippen molar-refractivity contribution in [2.24, 2.45) is 0 Å². The molecule has 0 saturated carbocycles. The lowest BCUT2D eigenvalue weighted by Gasteiger charge is -2.36. The molecule has 6 heteroatoms. The Bertz CT molecular complexity index is 618. The molecule has 1 N–H and O–H groups in total. The minimum absolute atomic E-state index is 0.177. The molecule has 0 aliphatic heterocycles. The highest BCUT2D eigenvalue weighted by Gasteiger charge is 2.59. The number of pyridine rings is 1. The maximum Gasteiger partial charge on any atom is 0.422 e. The van der Waals surface area contributed by atoms with Gasteiger partial charge in [0.25, 0.3) is 0 Å². The van der Waals surface area contributed by atoms with Gasteiger partial charge in [-0.1, -0.05) is 42.8 Å². The summed E-state index contributed by atoms with van der Waals surface area (Å²) in [7, 11) is 0. The molecule has 2 atom stereocenters. The summed E-state index contributed by atoms with van der Waals surface area (Å²) >= 11 is 5.97. The molecule has 1 aromatic carbocycles. The third-order valence-electron chi connectivity index (χ3n) is 3.53. The Morgan fingerprint density at radius 2 is 1.81 bits per heavy atom. The first-order chi connectivity index (χ1) is 9.78. The van der Waals surface area contributed by atoms with Crippen molar-refractivity contribution >= 4 is 11.6 Å². The molecular formula is C15H13ClF3NO. The van der Waals surface area contributed by atoms with Gasteiger partial charge in [0.05, 0.1) is 0 Å². The van der Waals surface area contributed by atoms with Gasteiger partial charge in [0, 0.05) is 28.9 Å². The fourth-order valence-electron chi connectivity index (χ4n) is 2.30. The third kappa shape index (κ3) is 2.76. The number of benzene rings is 1. The lowest BCUT2D eigenvalue weighted by Crippen LogP contribution is -2.46. The number of aromatic nitrogens is 1. The minimum atomic E-state index is -4.87. The van der Waals surface area contributed by atoms with Crippen LogP contribution in [-0.2, 0) is 5.60 Å². The Kier molecular flexibility index (Phi) is 4.25. The van der Waals surface area contributed by atoms with Crippen LogP contribution in [0.1, 0.15) is 24.0 Å². The van der Waals surface area contributed by atoms with Crippen molar-refractivity contribution in [1.82, 2.24) is 4.98 Å². The van der Waals surface area contributed by atoms with Crippen LogP contribution in [-0.4, -0.2) is 16.3 Å². The predicted molar refractivity (Wildman–Crippen MR) is 74.1 cm³/mol. The van der Waals surface area contributed by atoms with E-state index in [1.165, 1.54) is 37.4 Å². The second-order valence-electron chi connectivity index (χ2n) is 4.75. The normalized spacial score (nSPS) is 16.3. The molecule has 2 nitrogen and oxygen atoms in total. The zero-order chi connectivity index (χ0) is 15.7. The van der Waals surface area contributed by atoms with Crippen molar-refractivity contribution in [1.29, 1.82) is 0 Å². The van der Waals surface area contributed by atoms with E-state index in [-0.39, 0.29) is 16.1 Å². The van der Waals surface area contributed by atoms with Crippen molar-refractivity contribution in [3.63, 3.8) is 0 Å². The maximum absolute atomic E-state index is 13.5. The van der Waals surface area contributed by atoms with Crippen LogP contribution in [0.3, 0.4) is 0 Å². The number of hydrogen-bond acceptors (Lipinski definition) is 2. The monoisotopic (exact) mass is 315 g/mol. The number of alkyl halides is 3. The largest absolute Gasteiger partial charge is 0.422 e. The summed E-state index contributed by atoms with van der Waals surface area (Å²) in [4.78, 5) is 3.67. The third-order valence-corrected chi connectivity index (χ3v) is 3.88. The van der Waals surface area contributed by atoms with E-state index in [1.807, 2.05) is 0 Å². The molecule has 1 heterocycles. The summed E-state index contributed by atoms with van der Waals surface area (Å²) in [5.74, 6) is -1.28. The molecule has 0 amide bonds. The van der Waals surface area contributed by atoms with E-state index in [1.54, 1.807) is 12.1 Å². The van der Waals surface area contributed by atoms with E-state index in [0.29, 0.717) is 0 Å². The van der Waals surface area contributed by atoms with Gasteiger partial charge in [-0.2, -0.15) is 13.2 Å². The average Bonchev–Trinajstić information content (AvgIpc) is 2.46. The molecule has 0 spiro atoms. The predicted octanol–water partition coefficient (Wildman–Crippen LogP) is 4.29. The van der Waals surface area contributed by atoms with Crippen molar-refractivity contribution in [2.75, 3.05) is 0 Å². The summed E-state index contributed by atoms with van der Waals surface area (Å²) in [6.45, 7) is 1.29. The Morgan fingerprint density at radius 1 is 1.14 bits per heavy atom. The van der Waals surface area contributed by atoms with Gasteiger partial charge >= 0.3 is 6.18 Å². The van der Waals surface area contributed by atoms with Crippen LogP contribution >= 0.6 is 11.6 Å². The molecule has 0 bridgehead atoms. The zero-order valence-corrected chi connectivity index (χ0v) is 11.9. The van der Waals surface area contributed by atoms with Gasteiger partial charge < -0.3 is 5.11 Å². The lowest BCUT2D eigenvalue weighted by atomic mass is 9.78. The van der Waals surface area contributed by atoms with E-state index in [0.717, 1.165) is 6.20 Å². The first-order valence-corrected chi connectivity index (χ1v) is 6.60. The number of rotatable bonds is 3. The van der Waals surface area contributed by atoms with E-state index < -0.39 is 17.7 Å². The van der Waals surface area contributed by atoms with Gasteiger partial charge in [-0.05, 0) is 17.7 Å². The van der Waals surface area contributed by atoms with Crippen molar-refractivity contribution < 1.29 is 18.3 Å². The molecule has 0 aliphatic carbocycles. The Balaban J connectivity index is 2.60. The number of nitrogens with zero attached hydrogens (tertiary/aromatic N) is 1. The van der Waals surface area contributed by atoms with Gasteiger partial charge in [-0.3, -0.25) is 4.98 Å². The molecular weight excluding hydrogens is 303 g/mol. The van der Waals surface area contributed by atoms with E-state index in [2.05, 4.69) is 4.98 Å². The highest BCUT2D eigenvalue weighted by molar-refractivity contribution is 6.31. The fourth-order valence-corrected chi connectivity index (χ4v) is 2.60. The van der Waals surface area contributed by atoms with Crippen LogP contribution < -0.4 is 0 Å². The SMILES string of the molecule is CC(c1ccccc1Cl)C(O)(c1cccnc1)C(F)(F)F. The van der Waals surface area contributed by atoms with Crippen molar-refractivity contribution in [3.8, 4) is 0 Å². The summed E-state index contributed by atoms with van der Waals surface area (Å²) < 4.78 is 40.6. The van der Waals surface area contributed by atoms with Gasteiger partial charge in [-0.25, -0.2) is 0 Å². The maximum atomic E-state index is 13.5. The summed E-state index contributed by atoms with van der Waals surface area (Å²) in [6, 6.07) is 8.72. The van der Waals surface area contributed by atoms with Crippen molar-refractivity contribution in [2.45, 2.75) is 24.6 Å². The van der Waals surface area contributed by atoms with Crippen LogP contribution in [0.2, 0.25) is 5.02 Å². The Labute approximate surface area is 125 Å². The van der Waals surface area contributed by atoms with Crippen LogP contribution in [0.25, 0.3) is 0 Å². The van der Waals surface area contributed by atoms with Crippen LogP contribution in [0.4, 0.5) is 13.2 Å². The first kappa shape index (κ1) is 15.8. The first-order valence-electron chi connectivity index (χ1n) is 6.22. The molecule has 1 aromatic heterocycles.